The van der Waals surface area contributed by atoms with Crippen molar-refractivity contribution in [2.45, 2.75) is 44.2 Å². The Morgan fingerprint density at radius 2 is 2.20 bits per heavy atom. The van der Waals surface area contributed by atoms with E-state index in [0.717, 1.165) is 35.1 Å². The Labute approximate surface area is 118 Å². The van der Waals surface area contributed by atoms with Gasteiger partial charge in [-0.2, -0.15) is 0 Å². The first-order valence-corrected chi connectivity index (χ1v) is 7.54. The summed E-state index contributed by atoms with van der Waals surface area (Å²) in [5, 5.41) is 3.71. The van der Waals surface area contributed by atoms with Gasteiger partial charge in [0.1, 0.15) is 11.3 Å². The van der Waals surface area contributed by atoms with Gasteiger partial charge in [0.15, 0.2) is 5.58 Å². The summed E-state index contributed by atoms with van der Waals surface area (Å²) in [4.78, 5) is 4.64. The van der Waals surface area contributed by atoms with Crippen molar-refractivity contribution < 1.29 is 9.15 Å². The average molecular weight is 272 g/mol. The summed E-state index contributed by atoms with van der Waals surface area (Å²) in [6.07, 6.45) is 6.54. The van der Waals surface area contributed by atoms with E-state index >= 15 is 0 Å². The molecule has 1 aliphatic carbocycles. The maximum Gasteiger partial charge on any atom is 0.212 e. The molecule has 1 saturated carbocycles. The summed E-state index contributed by atoms with van der Waals surface area (Å²) in [5.74, 6) is 2.45. The number of benzene rings is 1. The Morgan fingerprint density at radius 3 is 3.05 bits per heavy atom. The molecule has 0 radical (unpaired) electrons. The molecule has 2 fully saturated rings. The molecule has 2 aliphatic rings. The van der Waals surface area contributed by atoms with Crippen molar-refractivity contribution in [3.63, 3.8) is 0 Å². The third-order valence-electron chi connectivity index (χ3n) is 4.77. The van der Waals surface area contributed by atoms with Gasteiger partial charge < -0.3 is 14.5 Å². The fourth-order valence-corrected chi connectivity index (χ4v) is 3.71. The minimum absolute atomic E-state index is 0.279. The second-order valence-electron chi connectivity index (χ2n) is 5.99. The summed E-state index contributed by atoms with van der Waals surface area (Å²) in [6, 6.07) is 6.74. The first-order chi connectivity index (χ1) is 9.83. The highest BCUT2D eigenvalue weighted by Crippen LogP contribution is 2.39. The summed E-state index contributed by atoms with van der Waals surface area (Å²) in [7, 11) is 1.67. The molecule has 2 aromatic rings. The van der Waals surface area contributed by atoms with Crippen LogP contribution in [0.5, 0.6) is 5.75 Å². The van der Waals surface area contributed by atoms with Gasteiger partial charge in [-0.05, 0) is 37.3 Å². The van der Waals surface area contributed by atoms with E-state index in [1.165, 1.54) is 25.7 Å². The molecule has 20 heavy (non-hydrogen) atoms. The van der Waals surface area contributed by atoms with Crippen molar-refractivity contribution >= 4 is 11.1 Å². The minimum atomic E-state index is 0.279. The number of nitrogens with one attached hydrogen (secondary N) is 1. The minimum Gasteiger partial charge on any atom is -0.497 e. The normalized spacial score (nSPS) is 29.6. The molecule has 3 unspecified atom stereocenters. The predicted molar refractivity (Wildman–Crippen MR) is 76.8 cm³/mol. The van der Waals surface area contributed by atoms with Crippen LogP contribution < -0.4 is 10.1 Å². The van der Waals surface area contributed by atoms with E-state index in [0.29, 0.717) is 6.04 Å². The lowest BCUT2D eigenvalue weighted by molar-refractivity contribution is 0.325. The van der Waals surface area contributed by atoms with Crippen LogP contribution in [-0.2, 0) is 0 Å². The predicted octanol–water partition coefficient (Wildman–Crippen LogP) is 3.43. The number of oxazole rings is 1. The monoisotopic (exact) mass is 272 g/mol. The van der Waals surface area contributed by atoms with Crippen molar-refractivity contribution in [2.75, 3.05) is 7.11 Å². The van der Waals surface area contributed by atoms with Crippen LogP contribution >= 0.6 is 0 Å². The maximum atomic E-state index is 5.95. The SMILES string of the molecule is COc1ccc2nc(C3CC4CCCCC4N3)oc2c1. The molecule has 0 bridgehead atoms. The zero-order chi connectivity index (χ0) is 13.5. The standard InChI is InChI=1S/C16H20N2O2/c1-19-11-6-7-13-15(9-11)20-16(18-13)14-8-10-4-2-3-5-12(10)17-14/h6-7,9-10,12,14,17H,2-5,8H2,1H3. The Balaban J connectivity index is 1.62. The smallest absolute Gasteiger partial charge is 0.212 e. The number of fused-ring (bicyclic) bond motifs is 2. The van der Waals surface area contributed by atoms with Gasteiger partial charge in [-0.15, -0.1) is 0 Å². The van der Waals surface area contributed by atoms with E-state index in [2.05, 4.69) is 10.3 Å². The highest BCUT2D eigenvalue weighted by atomic mass is 16.5. The van der Waals surface area contributed by atoms with Crippen LogP contribution in [0.2, 0.25) is 0 Å². The Kier molecular flexibility index (Phi) is 2.91. The number of hydrogen-bond acceptors (Lipinski definition) is 4. The van der Waals surface area contributed by atoms with Gasteiger partial charge in [-0.1, -0.05) is 12.8 Å². The van der Waals surface area contributed by atoms with E-state index in [1.54, 1.807) is 7.11 Å². The lowest BCUT2D eigenvalue weighted by Gasteiger charge is -2.24. The molecule has 1 N–H and O–H groups in total. The van der Waals surface area contributed by atoms with E-state index in [4.69, 9.17) is 9.15 Å². The Hall–Kier alpha value is -1.55. The number of nitrogens with zero attached hydrogens (tertiary/aromatic N) is 1. The third kappa shape index (κ3) is 1.99. The third-order valence-corrected chi connectivity index (χ3v) is 4.77. The van der Waals surface area contributed by atoms with Gasteiger partial charge in [-0.3, -0.25) is 0 Å². The van der Waals surface area contributed by atoms with Crippen LogP contribution in [-0.4, -0.2) is 18.1 Å². The fourth-order valence-electron chi connectivity index (χ4n) is 3.71. The van der Waals surface area contributed by atoms with Gasteiger partial charge in [0.2, 0.25) is 5.89 Å². The average Bonchev–Trinajstić information content (AvgIpc) is 3.09. The van der Waals surface area contributed by atoms with Gasteiger partial charge in [0.05, 0.1) is 13.2 Å². The molecule has 106 valence electrons. The maximum absolute atomic E-state index is 5.95. The van der Waals surface area contributed by atoms with E-state index in [9.17, 15) is 0 Å². The molecule has 2 heterocycles. The van der Waals surface area contributed by atoms with Gasteiger partial charge in [0, 0.05) is 12.1 Å². The first kappa shape index (κ1) is 12.2. The van der Waals surface area contributed by atoms with Gasteiger partial charge >= 0.3 is 0 Å². The van der Waals surface area contributed by atoms with E-state index in [-0.39, 0.29) is 6.04 Å². The molecule has 4 rings (SSSR count). The second-order valence-corrected chi connectivity index (χ2v) is 5.99. The van der Waals surface area contributed by atoms with Crippen LogP contribution in [0, 0.1) is 5.92 Å². The van der Waals surface area contributed by atoms with Crippen molar-refractivity contribution in [2.24, 2.45) is 5.92 Å². The second kappa shape index (κ2) is 4.77. The summed E-state index contributed by atoms with van der Waals surface area (Å²) >= 11 is 0. The topological polar surface area (TPSA) is 47.3 Å². The largest absolute Gasteiger partial charge is 0.497 e. The van der Waals surface area contributed by atoms with Crippen LogP contribution in [0.4, 0.5) is 0 Å². The van der Waals surface area contributed by atoms with E-state index in [1.807, 2.05) is 18.2 Å². The zero-order valence-electron chi connectivity index (χ0n) is 11.8. The van der Waals surface area contributed by atoms with Crippen LogP contribution in [0.1, 0.15) is 44.0 Å². The number of hydrogen-bond donors (Lipinski definition) is 1. The lowest BCUT2D eigenvalue weighted by Crippen LogP contribution is -2.30. The van der Waals surface area contributed by atoms with Crippen molar-refractivity contribution in [3.05, 3.63) is 24.1 Å². The van der Waals surface area contributed by atoms with Gasteiger partial charge in [-0.25, -0.2) is 4.98 Å². The Morgan fingerprint density at radius 1 is 1.30 bits per heavy atom. The molecule has 1 aliphatic heterocycles. The number of ether oxygens (including phenoxy) is 1. The van der Waals surface area contributed by atoms with Crippen molar-refractivity contribution in [1.29, 1.82) is 0 Å². The quantitative estimate of drug-likeness (QED) is 0.910. The number of rotatable bonds is 2. The first-order valence-electron chi connectivity index (χ1n) is 7.54. The van der Waals surface area contributed by atoms with E-state index < -0.39 is 0 Å². The molecule has 4 nitrogen and oxygen atoms in total. The summed E-state index contributed by atoms with van der Waals surface area (Å²) in [6.45, 7) is 0. The van der Waals surface area contributed by atoms with Crippen molar-refractivity contribution in [1.82, 2.24) is 10.3 Å². The molecular weight excluding hydrogens is 252 g/mol. The molecule has 4 heteroatoms. The van der Waals surface area contributed by atoms with Crippen LogP contribution in [0.3, 0.4) is 0 Å². The molecule has 0 spiro atoms. The molecular formula is C16H20N2O2. The number of aromatic nitrogens is 1. The zero-order valence-corrected chi connectivity index (χ0v) is 11.8. The van der Waals surface area contributed by atoms with Crippen molar-refractivity contribution in [3.8, 4) is 5.75 Å². The number of methoxy groups -OCH3 is 1. The van der Waals surface area contributed by atoms with Crippen LogP contribution in [0.15, 0.2) is 22.6 Å². The highest BCUT2D eigenvalue weighted by Gasteiger charge is 2.37. The Bertz CT molecular complexity index is 608. The highest BCUT2D eigenvalue weighted by molar-refractivity contribution is 5.74. The lowest BCUT2D eigenvalue weighted by atomic mass is 9.85. The molecule has 1 aromatic heterocycles. The van der Waals surface area contributed by atoms with Gasteiger partial charge in [0.25, 0.3) is 0 Å². The molecule has 3 atom stereocenters. The summed E-state index contributed by atoms with van der Waals surface area (Å²) in [5.41, 5.74) is 1.73. The van der Waals surface area contributed by atoms with Crippen LogP contribution in [0.25, 0.3) is 11.1 Å². The fraction of sp³-hybridized carbons (Fsp3) is 0.562. The summed E-state index contributed by atoms with van der Waals surface area (Å²) < 4.78 is 11.2. The molecule has 1 aromatic carbocycles. The molecule has 0 amide bonds. The molecule has 1 saturated heterocycles.